The second-order valence-corrected chi connectivity index (χ2v) is 9.15. The smallest absolute Gasteiger partial charge is 0.116 e. The molecular weight excluding hydrogens is 448 g/mol. The average Bonchev–Trinajstić information content (AvgIpc) is 3.51. The molecule has 2 N–H and O–H groups in total. The molecule has 4 aromatic carbocycles. The van der Waals surface area contributed by atoms with Gasteiger partial charge in [-0.3, -0.25) is 9.97 Å². The largest absolute Gasteiger partial charge is 0.340 e. The van der Waals surface area contributed by atoms with E-state index in [-0.39, 0.29) is 0 Å². The van der Waals surface area contributed by atoms with Crippen LogP contribution in [0.1, 0.15) is 11.6 Å². The van der Waals surface area contributed by atoms with Gasteiger partial charge >= 0.3 is 0 Å². The summed E-state index contributed by atoms with van der Waals surface area (Å²) in [6.07, 6.45) is 6.93. The molecule has 0 spiro atoms. The van der Waals surface area contributed by atoms with E-state index in [4.69, 9.17) is 15.0 Å². The maximum atomic E-state index is 4.76. The van der Waals surface area contributed by atoms with Crippen LogP contribution in [0.2, 0.25) is 0 Å². The Kier molecular flexibility index (Phi) is 3.65. The third-order valence-corrected chi connectivity index (χ3v) is 6.96. The zero-order chi connectivity index (χ0) is 24.0. The minimum Gasteiger partial charge on any atom is -0.340 e. The highest BCUT2D eigenvalue weighted by Gasteiger charge is 2.16. The quantitative estimate of drug-likeness (QED) is 0.291. The number of H-pyrrole nitrogens is 2. The lowest BCUT2D eigenvalue weighted by atomic mass is 9.96. The third-order valence-electron chi connectivity index (χ3n) is 6.96. The van der Waals surface area contributed by atoms with Crippen LogP contribution in [0.15, 0.2) is 61.3 Å². The number of nitrogens with zero attached hydrogens (tertiary/aromatic N) is 6. The fourth-order valence-electron chi connectivity index (χ4n) is 5.44. The lowest BCUT2D eigenvalue weighted by molar-refractivity contribution is 1.17. The van der Waals surface area contributed by atoms with Gasteiger partial charge in [-0.2, -0.15) is 0 Å². The average molecular weight is 467 g/mol. The van der Waals surface area contributed by atoms with Crippen LogP contribution >= 0.6 is 0 Å². The standard InChI is InChI=1S/C28H18N8/c1-13-33-24-17-5-3-15(9-19(17)21-11-29-12-32-23(21)27(24)35-13)16-4-6-18-20(10-16)22-26(31-8-7-30-22)28-25(18)34-14(2)36-28/h3-12H,1-2H3,(H,33,35)(H,34,36). The van der Waals surface area contributed by atoms with E-state index in [9.17, 15) is 0 Å². The molecule has 4 heterocycles. The molecule has 0 amide bonds. The van der Waals surface area contributed by atoms with Crippen LogP contribution in [-0.2, 0) is 0 Å². The summed E-state index contributed by atoms with van der Waals surface area (Å²) in [5.41, 5.74) is 8.46. The molecule has 0 saturated carbocycles. The predicted molar refractivity (Wildman–Crippen MR) is 142 cm³/mol. The van der Waals surface area contributed by atoms with Gasteiger partial charge in [-0.05, 0) is 42.5 Å². The van der Waals surface area contributed by atoms with Crippen molar-refractivity contribution in [1.82, 2.24) is 39.9 Å². The van der Waals surface area contributed by atoms with Crippen molar-refractivity contribution in [3.63, 3.8) is 0 Å². The van der Waals surface area contributed by atoms with Crippen LogP contribution in [0.5, 0.6) is 0 Å². The van der Waals surface area contributed by atoms with Gasteiger partial charge in [0.1, 0.15) is 23.5 Å². The lowest BCUT2D eigenvalue weighted by Crippen LogP contribution is -1.90. The van der Waals surface area contributed by atoms with Gasteiger partial charge < -0.3 is 9.97 Å². The molecular formula is C28H18N8. The fraction of sp³-hybridized carbons (Fsp3) is 0.0714. The maximum absolute atomic E-state index is 4.76. The van der Waals surface area contributed by atoms with Crippen LogP contribution in [0.4, 0.5) is 0 Å². The highest BCUT2D eigenvalue weighted by molar-refractivity contribution is 6.23. The van der Waals surface area contributed by atoms with Crippen molar-refractivity contribution in [2.75, 3.05) is 0 Å². The highest BCUT2D eigenvalue weighted by atomic mass is 14.9. The van der Waals surface area contributed by atoms with Crippen LogP contribution in [0.25, 0.3) is 76.7 Å². The second-order valence-electron chi connectivity index (χ2n) is 9.15. The Bertz CT molecular complexity index is 2030. The fourth-order valence-corrected chi connectivity index (χ4v) is 5.44. The molecule has 0 aliphatic heterocycles. The SMILES string of the molecule is Cc1nc2c3ccc(-c4ccc5c(c4)c4nccnc4c4[nH]c(C)nc54)cc3c3cncnc3c2[nH]1. The first-order valence-electron chi connectivity index (χ1n) is 11.7. The molecule has 8 nitrogen and oxygen atoms in total. The maximum Gasteiger partial charge on any atom is 0.116 e. The van der Waals surface area contributed by atoms with E-state index < -0.39 is 0 Å². The Morgan fingerprint density at radius 3 is 1.89 bits per heavy atom. The van der Waals surface area contributed by atoms with Crippen molar-refractivity contribution < 1.29 is 0 Å². The van der Waals surface area contributed by atoms with Crippen LogP contribution in [0.3, 0.4) is 0 Å². The molecule has 0 aliphatic carbocycles. The summed E-state index contributed by atoms with van der Waals surface area (Å²) >= 11 is 0. The topological polar surface area (TPSA) is 109 Å². The molecule has 0 fully saturated rings. The van der Waals surface area contributed by atoms with Crippen LogP contribution in [-0.4, -0.2) is 39.9 Å². The van der Waals surface area contributed by atoms with Gasteiger partial charge in [0.05, 0.1) is 33.1 Å². The number of fused-ring (bicyclic) bond motifs is 12. The van der Waals surface area contributed by atoms with Crippen molar-refractivity contribution >= 4 is 65.5 Å². The highest BCUT2D eigenvalue weighted by Crippen LogP contribution is 2.37. The second kappa shape index (κ2) is 6.79. The lowest BCUT2D eigenvalue weighted by Gasteiger charge is -2.10. The van der Waals surface area contributed by atoms with E-state index in [0.29, 0.717) is 0 Å². The Morgan fingerprint density at radius 1 is 0.556 bits per heavy atom. The summed E-state index contributed by atoms with van der Waals surface area (Å²) in [5.74, 6) is 1.72. The Labute approximate surface area is 203 Å². The number of imidazole rings is 2. The normalized spacial score (nSPS) is 12.2. The number of aryl methyl sites for hydroxylation is 2. The molecule has 0 bridgehead atoms. The molecule has 0 aliphatic rings. The first-order valence-corrected chi connectivity index (χ1v) is 11.7. The number of hydrogen-bond donors (Lipinski definition) is 2. The summed E-state index contributed by atoms with van der Waals surface area (Å²) in [5, 5.41) is 5.23. The first-order chi connectivity index (χ1) is 17.7. The minimum absolute atomic E-state index is 0.829. The van der Waals surface area contributed by atoms with Gasteiger partial charge in [-0.1, -0.05) is 24.3 Å². The van der Waals surface area contributed by atoms with E-state index in [1.807, 2.05) is 20.0 Å². The summed E-state index contributed by atoms with van der Waals surface area (Å²) < 4.78 is 0. The molecule has 170 valence electrons. The van der Waals surface area contributed by atoms with Crippen LogP contribution in [0, 0.1) is 13.8 Å². The van der Waals surface area contributed by atoms with Gasteiger partial charge in [-0.25, -0.2) is 19.9 Å². The van der Waals surface area contributed by atoms with Gasteiger partial charge in [0.2, 0.25) is 0 Å². The van der Waals surface area contributed by atoms with Crippen molar-refractivity contribution in [3.8, 4) is 11.1 Å². The zero-order valence-electron chi connectivity index (χ0n) is 19.5. The van der Waals surface area contributed by atoms with Gasteiger partial charge in [0.25, 0.3) is 0 Å². The number of aromatic nitrogens is 8. The van der Waals surface area contributed by atoms with E-state index in [0.717, 1.165) is 88.3 Å². The minimum atomic E-state index is 0.829. The Morgan fingerprint density at radius 2 is 1.17 bits per heavy atom. The molecule has 0 unspecified atom stereocenters. The van der Waals surface area contributed by atoms with Crippen molar-refractivity contribution in [3.05, 3.63) is 73.0 Å². The Hall–Kier alpha value is -4.98. The van der Waals surface area contributed by atoms with Gasteiger partial charge in [0, 0.05) is 40.1 Å². The predicted octanol–water partition coefficient (Wildman–Crippen LogP) is 5.92. The number of benzene rings is 4. The first kappa shape index (κ1) is 19.3. The summed E-state index contributed by atoms with van der Waals surface area (Å²) in [4.78, 5) is 34.4. The number of hydrogen-bond acceptors (Lipinski definition) is 6. The summed E-state index contributed by atoms with van der Waals surface area (Å²) in [7, 11) is 0. The molecule has 8 heteroatoms. The Balaban J connectivity index is 1.45. The van der Waals surface area contributed by atoms with Gasteiger partial charge in [-0.15, -0.1) is 0 Å². The van der Waals surface area contributed by atoms with Crippen molar-refractivity contribution in [2.45, 2.75) is 13.8 Å². The zero-order valence-corrected chi connectivity index (χ0v) is 19.5. The molecule has 4 aromatic heterocycles. The van der Waals surface area contributed by atoms with Crippen molar-refractivity contribution in [1.29, 1.82) is 0 Å². The number of nitrogens with one attached hydrogen (secondary N) is 2. The van der Waals surface area contributed by atoms with E-state index in [2.05, 4.69) is 61.3 Å². The molecule has 8 aromatic rings. The summed E-state index contributed by atoms with van der Waals surface area (Å²) in [6.45, 7) is 3.93. The molecule has 0 radical (unpaired) electrons. The van der Waals surface area contributed by atoms with E-state index in [1.54, 1.807) is 18.7 Å². The van der Waals surface area contributed by atoms with E-state index in [1.165, 1.54) is 0 Å². The molecule has 8 rings (SSSR count). The third kappa shape index (κ3) is 2.52. The summed E-state index contributed by atoms with van der Waals surface area (Å²) in [6, 6.07) is 13.0. The van der Waals surface area contributed by atoms with E-state index >= 15 is 0 Å². The molecule has 36 heavy (non-hydrogen) atoms. The monoisotopic (exact) mass is 466 g/mol. The molecule has 0 saturated heterocycles. The molecule has 0 atom stereocenters. The van der Waals surface area contributed by atoms with Crippen LogP contribution < -0.4 is 0 Å². The van der Waals surface area contributed by atoms with Gasteiger partial charge in [0.15, 0.2) is 0 Å². The number of aromatic amines is 2. The number of rotatable bonds is 1. The van der Waals surface area contributed by atoms with Crippen molar-refractivity contribution in [2.24, 2.45) is 0 Å².